The van der Waals surface area contributed by atoms with Gasteiger partial charge in [-0.2, -0.15) is 0 Å². The molecule has 4 heavy (non-hydrogen) atoms. The second kappa shape index (κ2) is 1.77. The molecule has 26 valence electrons. The first-order valence-electron chi connectivity index (χ1n) is 0.999. The molecule has 0 aliphatic heterocycles. The van der Waals surface area contributed by atoms with Crippen molar-refractivity contribution in [3.05, 3.63) is 0 Å². The molecular weight excluding hydrogens is 119 g/mol. The van der Waals surface area contributed by atoms with Crippen molar-refractivity contribution in [2.45, 2.75) is 11.6 Å². The first kappa shape index (κ1) is 4.48. The molecule has 0 aliphatic rings. The first-order chi connectivity index (χ1) is 1.73. The van der Waals surface area contributed by atoms with Crippen LogP contribution in [-0.4, -0.2) is 18.4 Å². The third-order valence-corrected chi connectivity index (χ3v) is 0. The van der Waals surface area contributed by atoms with E-state index in [2.05, 4.69) is 0 Å². The summed E-state index contributed by atoms with van der Waals surface area (Å²) in [4.78, 5) is 0. The van der Waals surface area contributed by atoms with Gasteiger partial charge < -0.3 is 0 Å². The minimum atomic E-state index is -1.04. The zero-order valence-corrected chi connectivity index (χ0v) is 4.57. The Morgan fingerprint density at radius 3 is 1.50 bits per heavy atom. The Bertz CT molecular complexity index is 10.8. The summed E-state index contributed by atoms with van der Waals surface area (Å²) >= 11 is -1.04. The zero-order chi connectivity index (χ0) is 3.58. The average molecular weight is 126 g/mol. The van der Waals surface area contributed by atoms with Gasteiger partial charge in [0.2, 0.25) is 0 Å². The summed E-state index contributed by atoms with van der Waals surface area (Å²) < 4.78 is 8.18. The van der Waals surface area contributed by atoms with Gasteiger partial charge in [-0.3, -0.25) is 0 Å². The van der Waals surface area contributed by atoms with Gasteiger partial charge in [0.15, 0.2) is 0 Å². The molecule has 2 heteroatoms. The van der Waals surface area contributed by atoms with Gasteiger partial charge in [-0.25, -0.2) is 0 Å². The van der Waals surface area contributed by atoms with Crippen molar-refractivity contribution in [3.8, 4) is 0 Å². The summed E-state index contributed by atoms with van der Waals surface area (Å²) in [6.07, 6.45) is 0. The van der Waals surface area contributed by atoms with E-state index in [1.165, 1.54) is 0 Å². The summed E-state index contributed by atoms with van der Waals surface area (Å²) in [5.41, 5.74) is 0. The zero-order valence-electron chi connectivity index (χ0n) is 2.86. The summed E-state index contributed by atoms with van der Waals surface area (Å²) in [5, 5.41) is 0. The molecule has 0 saturated carbocycles. The molecule has 0 aliphatic carbocycles. The van der Waals surface area contributed by atoms with Crippen LogP contribution in [0.4, 0.5) is 0 Å². The van der Waals surface area contributed by atoms with Crippen LogP contribution >= 0.6 is 0 Å². The SMILES string of the molecule is C[Se+](C)O. The normalized spacial score (nSPS) is 9.00. The second-order valence-electron chi connectivity index (χ2n) is 0.773. The van der Waals surface area contributed by atoms with Crippen LogP contribution in [0.2, 0.25) is 11.6 Å². The van der Waals surface area contributed by atoms with Crippen LogP contribution in [-0.2, 0) is 0 Å². The van der Waals surface area contributed by atoms with Gasteiger partial charge in [0.1, 0.15) is 0 Å². The van der Waals surface area contributed by atoms with Crippen LogP contribution in [0.3, 0.4) is 0 Å². The van der Waals surface area contributed by atoms with Crippen LogP contribution in [0.25, 0.3) is 0 Å². The summed E-state index contributed by atoms with van der Waals surface area (Å²) in [6.45, 7) is 0. The fourth-order valence-corrected chi connectivity index (χ4v) is 0. The van der Waals surface area contributed by atoms with E-state index < -0.39 is 14.2 Å². The van der Waals surface area contributed by atoms with Crippen molar-refractivity contribution >= 4 is 14.2 Å². The van der Waals surface area contributed by atoms with E-state index in [1.54, 1.807) is 0 Å². The van der Waals surface area contributed by atoms with Crippen molar-refractivity contribution in [1.82, 2.24) is 0 Å². The summed E-state index contributed by atoms with van der Waals surface area (Å²) in [7, 11) is 0. The molecule has 0 rings (SSSR count). The van der Waals surface area contributed by atoms with E-state index in [1.807, 2.05) is 11.6 Å². The van der Waals surface area contributed by atoms with Crippen molar-refractivity contribution < 1.29 is 4.19 Å². The monoisotopic (exact) mass is 127 g/mol. The van der Waals surface area contributed by atoms with Crippen LogP contribution in [0, 0.1) is 0 Å². The molecule has 0 aromatic carbocycles. The average Bonchev–Trinajstić information content (AvgIpc) is 0.811. The Morgan fingerprint density at radius 2 is 1.50 bits per heavy atom. The van der Waals surface area contributed by atoms with Crippen molar-refractivity contribution in [1.29, 1.82) is 0 Å². The Morgan fingerprint density at radius 1 is 1.50 bits per heavy atom. The molecule has 0 bridgehead atoms. The predicted octanol–water partition coefficient (Wildman–Crippen LogP) is 0.230. The Hall–Kier alpha value is 0.479. The Labute approximate surface area is 30.9 Å². The topological polar surface area (TPSA) is 20.2 Å². The summed E-state index contributed by atoms with van der Waals surface area (Å²) in [5.74, 6) is 3.69. The second-order valence-corrected chi connectivity index (χ2v) is 4.02. The van der Waals surface area contributed by atoms with E-state index in [-0.39, 0.29) is 0 Å². The van der Waals surface area contributed by atoms with E-state index in [4.69, 9.17) is 4.19 Å². The van der Waals surface area contributed by atoms with Gasteiger partial charge >= 0.3 is 30.1 Å². The molecular formula is C2H7OSe+. The van der Waals surface area contributed by atoms with Gasteiger partial charge in [0.25, 0.3) is 0 Å². The van der Waals surface area contributed by atoms with E-state index >= 15 is 0 Å². The molecule has 0 fully saturated rings. The molecule has 0 saturated heterocycles. The van der Waals surface area contributed by atoms with Crippen LogP contribution in [0.15, 0.2) is 0 Å². The third-order valence-electron chi connectivity index (χ3n) is 0. The molecule has 1 N–H and O–H groups in total. The van der Waals surface area contributed by atoms with Crippen molar-refractivity contribution in [3.63, 3.8) is 0 Å². The van der Waals surface area contributed by atoms with Gasteiger partial charge in [-0.15, -0.1) is 0 Å². The summed E-state index contributed by atoms with van der Waals surface area (Å²) in [6, 6.07) is 0. The predicted molar refractivity (Wildman–Crippen MR) is 19.7 cm³/mol. The Kier molecular flexibility index (Phi) is 1.98. The number of hydrogen-bond donors (Lipinski definition) is 1. The van der Waals surface area contributed by atoms with Gasteiger partial charge in [0.05, 0.1) is 0 Å². The van der Waals surface area contributed by atoms with Gasteiger partial charge in [-0.05, 0) is 0 Å². The van der Waals surface area contributed by atoms with Crippen molar-refractivity contribution in [2.75, 3.05) is 0 Å². The van der Waals surface area contributed by atoms with Gasteiger partial charge in [0, 0.05) is 0 Å². The fraction of sp³-hybridized carbons (Fsp3) is 1.00. The van der Waals surface area contributed by atoms with E-state index in [0.717, 1.165) is 0 Å². The quantitative estimate of drug-likeness (QED) is 0.460. The van der Waals surface area contributed by atoms with Crippen LogP contribution in [0.1, 0.15) is 0 Å². The van der Waals surface area contributed by atoms with Crippen molar-refractivity contribution in [2.24, 2.45) is 0 Å². The molecule has 0 aromatic rings. The minimum absolute atomic E-state index is 1.04. The molecule has 0 atom stereocenters. The molecule has 0 aromatic heterocycles. The number of hydrogen-bond acceptors (Lipinski definition) is 1. The molecule has 1 nitrogen and oxygen atoms in total. The number of rotatable bonds is 0. The molecule has 0 spiro atoms. The maximum atomic E-state index is 8.18. The maximum absolute atomic E-state index is 8.18. The molecule has 0 radical (unpaired) electrons. The fourth-order valence-electron chi connectivity index (χ4n) is 0. The third kappa shape index (κ3) is 23.6. The molecule has 0 heterocycles. The van der Waals surface area contributed by atoms with E-state index in [0.29, 0.717) is 0 Å². The Balaban J connectivity index is 2.32. The van der Waals surface area contributed by atoms with E-state index in [9.17, 15) is 0 Å². The standard InChI is InChI=1S/C2H7OSe/c1-4(2)3/h3H,1-2H3/q+1. The van der Waals surface area contributed by atoms with Crippen LogP contribution < -0.4 is 0 Å². The first-order valence-corrected chi connectivity index (χ1v) is 5.19. The molecule has 0 amide bonds. The molecule has 0 unspecified atom stereocenters. The van der Waals surface area contributed by atoms with Gasteiger partial charge in [-0.1, -0.05) is 0 Å². The van der Waals surface area contributed by atoms with Crippen LogP contribution in [0.5, 0.6) is 0 Å².